The molecular formula is C15H15NO5. The first-order valence-corrected chi connectivity index (χ1v) is 6.26. The fourth-order valence-electron chi connectivity index (χ4n) is 1.66. The van der Waals surface area contributed by atoms with Crippen molar-refractivity contribution in [3.05, 3.63) is 54.1 Å². The number of aromatic hydroxyl groups is 2. The van der Waals surface area contributed by atoms with E-state index in [-0.39, 0.29) is 17.9 Å². The predicted molar refractivity (Wildman–Crippen MR) is 74.6 cm³/mol. The molecule has 0 spiro atoms. The van der Waals surface area contributed by atoms with Crippen LogP contribution in [0.3, 0.4) is 0 Å². The van der Waals surface area contributed by atoms with Crippen LogP contribution < -0.4 is 10.6 Å². The van der Waals surface area contributed by atoms with Crippen LogP contribution in [0.5, 0.6) is 17.2 Å². The summed E-state index contributed by atoms with van der Waals surface area (Å²) in [4.78, 5) is 21.2. The van der Waals surface area contributed by atoms with E-state index in [0.29, 0.717) is 11.3 Å². The van der Waals surface area contributed by atoms with Crippen molar-refractivity contribution in [1.82, 2.24) is 0 Å². The number of hydrogen-bond donors (Lipinski definition) is 3. The summed E-state index contributed by atoms with van der Waals surface area (Å²) < 4.78 is 0. The minimum atomic E-state index is -0.947. The van der Waals surface area contributed by atoms with E-state index < -0.39 is 12.0 Å². The van der Waals surface area contributed by atoms with Crippen molar-refractivity contribution in [1.29, 1.82) is 0 Å². The Kier molecular flexibility index (Phi) is 4.63. The van der Waals surface area contributed by atoms with E-state index in [1.54, 1.807) is 36.4 Å². The largest absolute Gasteiger partial charge is 0.504 e. The van der Waals surface area contributed by atoms with E-state index in [1.807, 2.05) is 0 Å². The smallest absolute Gasteiger partial charge is 0.372 e. The number of phenols is 2. The first kappa shape index (κ1) is 14.7. The Morgan fingerprint density at radius 2 is 1.81 bits per heavy atom. The van der Waals surface area contributed by atoms with Gasteiger partial charge >= 0.3 is 5.97 Å². The minimum absolute atomic E-state index is 0.144. The predicted octanol–water partition coefficient (Wildman–Crippen LogP) is 1.50. The minimum Gasteiger partial charge on any atom is -0.504 e. The van der Waals surface area contributed by atoms with Crippen LogP contribution in [-0.2, 0) is 16.1 Å². The molecule has 0 amide bonds. The molecule has 110 valence electrons. The van der Waals surface area contributed by atoms with Gasteiger partial charge in [-0.2, -0.15) is 0 Å². The van der Waals surface area contributed by atoms with Crippen molar-refractivity contribution in [2.24, 2.45) is 5.73 Å². The molecule has 0 radical (unpaired) electrons. The van der Waals surface area contributed by atoms with E-state index in [9.17, 15) is 15.0 Å². The first-order chi connectivity index (χ1) is 10.1. The van der Waals surface area contributed by atoms with E-state index >= 15 is 0 Å². The average molecular weight is 289 g/mol. The van der Waals surface area contributed by atoms with Gasteiger partial charge in [0.2, 0.25) is 0 Å². The Balaban J connectivity index is 1.88. The summed E-state index contributed by atoms with van der Waals surface area (Å²) in [6.07, 6.45) is 0.144. The fraction of sp³-hybridized carbons (Fsp3) is 0.133. The number of rotatable bonds is 5. The first-order valence-electron chi connectivity index (χ1n) is 6.26. The maximum absolute atomic E-state index is 11.7. The van der Waals surface area contributed by atoms with Crippen LogP contribution in [0.1, 0.15) is 5.56 Å². The van der Waals surface area contributed by atoms with Crippen molar-refractivity contribution in [2.45, 2.75) is 12.5 Å². The highest BCUT2D eigenvalue weighted by atomic mass is 17.2. The molecule has 0 aliphatic rings. The van der Waals surface area contributed by atoms with Gasteiger partial charge in [0.25, 0.3) is 0 Å². The zero-order valence-electron chi connectivity index (χ0n) is 11.1. The standard InChI is InChI=1S/C15H15NO5/c16-12(8-10-6-7-13(17)14(18)9-10)15(19)21-20-11-4-2-1-3-5-11/h1-7,9,12,17-18H,8,16H2/t12-/m0/s1. The Hall–Kier alpha value is -2.73. The highest BCUT2D eigenvalue weighted by Gasteiger charge is 2.18. The number of nitrogens with two attached hydrogens (primary N) is 1. The maximum atomic E-state index is 11.7. The van der Waals surface area contributed by atoms with Crippen LogP contribution in [0, 0.1) is 0 Å². The molecular weight excluding hydrogens is 274 g/mol. The summed E-state index contributed by atoms with van der Waals surface area (Å²) in [5.41, 5.74) is 6.29. The third-order valence-electron chi connectivity index (χ3n) is 2.76. The topological polar surface area (TPSA) is 102 Å². The van der Waals surface area contributed by atoms with Crippen molar-refractivity contribution in [3.63, 3.8) is 0 Å². The Bertz CT molecular complexity index is 615. The van der Waals surface area contributed by atoms with Gasteiger partial charge in [-0.1, -0.05) is 24.3 Å². The second-order valence-electron chi connectivity index (χ2n) is 4.43. The van der Waals surface area contributed by atoms with Gasteiger partial charge in [0.15, 0.2) is 17.2 Å². The zero-order chi connectivity index (χ0) is 15.2. The van der Waals surface area contributed by atoms with E-state index in [4.69, 9.17) is 10.6 Å². The molecule has 4 N–H and O–H groups in total. The lowest BCUT2D eigenvalue weighted by Gasteiger charge is -2.11. The average Bonchev–Trinajstić information content (AvgIpc) is 2.49. The number of carbonyl (C=O) groups excluding carboxylic acids is 1. The summed E-state index contributed by atoms with van der Waals surface area (Å²) in [5.74, 6) is -0.845. The van der Waals surface area contributed by atoms with Crippen molar-refractivity contribution in [2.75, 3.05) is 0 Å². The molecule has 0 aromatic heterocycles. The molecule has 0 heterocycles. The number of phenolic OH excluding ortho intramolecular Hbond substituents is 2. The van der Waals surface area contributed by atoms with Crippen LogP contribution in [-0.4, -0.2) is 22.2 Å². The summed E-state index contributed by atoms with van der Waals surface area (Å²) in [5, 5.41) is 18.6. The van der Waals surface area contributed by atoms with E-state index in [1.165, 1.54) is 12.1 Å². The molecule has 0 saturated heterocycles. The number of benzene rings is 2. The van der Waals surface area contributed by atoms with Crippen LogP contribution in [0.15, 0.2) is 48.5 Å². The number of para-hydroxylation sites is 1. The lowest BCUT2D eigenvalue weighted by atomic mass is 10.1. The second kappa shape index (κ2) is 6.62. The van der Waals surface area contributed by atoms with Crippen LogP contribution in [0.4, 0.5) is 0 Å². The molecule has 0 aliphatic carbocycles. The zero-order valence-corrected chi connectivity index (χ0v) is 11.1. The number of carbonyl (C=O) groups is 1. The molecule has 21 heavy (non-hydrogen) atoms. The molecule has 0 fully saturated rings. The molecule has 6 heteroatoms. The van der Waals surface area contributed by atoms with Gasteiger partial charge in [0.05, 0.1) is 0 Å². The highest BCUT2D eigenvalue weighted by Crippen LogP contribution is 2.25. The molecule has 2 aromatic carbocycles. The summed E-state index contributed by atoms with van der Waals surface area (Å²) in [7, 11) is 0. The lowest BCUT2D eigenvalue weighted by molar-refractivity contribution is -0.215. The van der Waals surface area contributed by atoms with Crippen LogP contribution in [0.25, 0.3) is 0 Å². The van der Waals surface area contributed by atoms with Gasteiger partial charge in [-0.15, -0.1) is 0 Å². The van der Waals surface area contributed by atoms with Crippen molar-refractivity contribution in [3.8, 4) is 17.2 Å². The van der Waals surface area contributed by atoms with E-state index in [0.717, 1.165) is 0 Å². The molecule has 0 bridgehead atoms. The molecule has 0 saturated carbocycles. The third kappa shape index (κ3) is 4.12. The van der Waals surface area contributed by atoms with E-state index in [2.05, 4.69) is 4.89 Å². The Morgan fingerprint density at radius 3 is 2.48 bits per heavy atom. The quantitative estimate of drug-likeness (QED) is 0.438. The molecule has 2 rings (SSSR count). The monoisotopic (exact) mass is 289 g/mol. The fourth-order valence-corrected chi connectivity index (χ4v) is 1.66. The maximum Gasteiger partial charge on any atom is 0.372 e. The second-order valence-corrected chi connectivity index (χ2v) is 4.43. The third-order valence-corrected chi connectivity index (χ3v) is 2.76. The van der Waals surface area contributed by atoms with Gasteiger partial charge in [-0.05, 0) is 36.2 Å². The Morgan fingerprint density at radius 1 is 1.10 bits per heavy atom. The van der Waals surface area contributed by atoms with Gasteiger partial charge in [-0.3, -0.25) is 4.89 Å². The molecule has 6 nitrogen and oxygen atoms in total. The highest BCUT2D eigenvalue weighted by molar-refractivity contribution is 5.75. The van der Waals surface area contributed by atoms with Gasteiger partial charge in [-0.25, -0.2) is 9.68 Å². The molecule has 0 unspecified atom stereocenters. The molecule has 0 aliphatic heterocycles. The normalized spacial score (nSPS) is 11.7. The Labute approximate surface area is 121 Å². The van der Waals surface area contributed by atoms with Crippen molar-refractivity contribution < 1.29 is 24.8 Å². The van der Waals surface area contributed by atoms with Crippen LogP contribution in [0.2, 0.25) is 0 Å². The van der Waals surface area contributed by atoms with Gasteiger partial charge in [0, 0.05) is 0 Å². The van der Waals surface area contributed by atoms with Crippen molar-refractivity contribution >= 4 is 5.97 Å². The van der Waals surface area contributed by atoms with Gasteiger partial charge < -0.3 is 15.9 Å². The molecule has 1 atom stereocenters. The lowest BCUT2D eigenvalue weighted by Crippen LogP contribution is -2.35. The summed E-state index contributed by atoms with van der Waals surface area (Å²) >= 11 is 0. The SMILES string of the molecule is N[C@@H](Cc1ccc(O)c(O)c1)C(=O)OOc1ccccc1. The number of hydrogen-bond acceptors (Lipinski definition) is 6. The van der Waals surface area contributed by atoms with Gasteiger partial charge in [0.1, 0.15) is 6.04 Å². The summed E-state index contributed by atoms with van der Waals surface area (Å²) in [6.45, 7) is 0. The summed E-state index contributed by atoms with van der Waals surface area (Å²) in [6, 6.07) is 11.8. The molecule has 2 aromatic rings. The van der Waals surface area contributed by atoms with Crippen LogP contribution >= 0.6 is 0 Å².